The first-order valence-electron chi connectivity index (χ1n) is 8.40. The number of rotatable bonds is 8. The topological polar surface area (TPSA) is 101 Å². The van der Waals surface area contributed by atoms with Gasteiger partial charge < -0.3 is 20.1 Å². The van der Waals surface area contributed by atoms with Gasteiger partial charge in [-0.1, -0.05) is 29.8 Å². The minimum absolute atomic E-state index is 0.135. The smallest absolute Gasteiger partial charge is 0.262 e. The highest BCUT2D eigenvalue weighted by molar-refractivity contribution is 5.91. The maximum atomic E-state index is 12.2. The summed E-state index contributed by atoms with van der Waals surface area (Å²) in [5.41, 5.74) is 2.68. The highest BCUT2D eigenvalue weighted by Gasteiger charge is 2.13. The van der Waals surface area contributed by atoms with Crippen LogP contribution < -0.4 is 20.1 Å². The Morgan fingerprint density at radius 3 is 2.70 bits per heavy atom. The molecule has 0 saturated heterocycles. The zero-order valence-electron chi connectivity index (χ0n) is 15.2. The van der Waals surface area contributed by atoms with Crippen molar-refractivity contribution in [3.8, 4) is 11.5 Å². The van der Waals surface area contributed by atoms with Crippen molar-refractivity contribution < 1.29 is 14.3 Å². The van der Waals surface area contributed by atoms with E-state index in [0.29, 0.717) is 24.0 Å². The van der Waals surface area contributed by atoms with E-state index < -0.39 is 0 Å². The molecule has 0 aliphatic rings. The summed E-state index contributed by atoms with van der Waals surface area (Å²) in [6.45, 7) is 2.29. The van der Waals surface area contributed by atoms with Crippen LogP contribution in [0.15, 0.2) is 48.8 Å². The molecular weight excluding hydrogens is 346 g/mol. The summed E-state index contributed by atoms with van der Waals surface area (Å²) in [4.78, 5) is 16.2. The summed E-state index contributed by atoms with van der Waals surface area (Å²) in [6.07, 6.45) is 1.42. The summed E-state index contributed by atoms with van der Waals surface area (Å²) in [5, 5.41) is 12.4. The summed E-state index contributed by atoms with van der Waals surface area (Å²) in [5.74, 6) is 1.35. The van der Waals surface area contributed by atoms with Crippen LogP contribution in [0.2, 0.25) is 0 Å². The van der Waals surface area contributed by atoms with Crippen molar-refractivity contribution in [1.82, 2.24) is 15.2 Å². The molecule has 1 amide bonds. The highest BCUT2D eigenvalue weighted by Crippen LogP contribution is 2.31. The molecule has 0 atom stereocenters. The molecule has 0 spiro atoms. The molecule has 0 unspecified atom stereocenters. The molecule has 0 saturated carbocycles. The van der Waals surface area contributed by atoms with E-state index in [-0.39, 0.29) is 12.5 Å². The molecule has 0 aliphatic heterocycles. The Bertz CT molecular complexity index is 879. The highest BCUT2D eigenvalue weighted by atomic mass is 16.5. The van der Waals surface area contributed by atoms with E-state index in [2.05, 4.69) is 25.8 Å². The molecule has 27 heavy (non-hydrogen) atoms. The van der Waals surface area contributed by atoms with Gasteiger partial charge in [0, 0.05) is 17.8 Å². The number of H-pyrrole nitrogens is 1. The quantitative estimate of drug-likeness (QED) is 0.566. The van der Waals surface area contributed by atoms with Gasteiger partial charge in [0.1, 0.15) is 6.33 Å². The van der Waals surface area contributed by atoms with Crippen molar-refractivity contribution in [2.24, 2.45) is 0 Å². The van der Waals surface area contributed by atoms with E-state index in [1.807, 2.05) is 43.3 Å². The Morgan fingerprint density at radius 1 is 1.19 bits per heavy atom. The van der Waals surface area contributed by atoms with Gasteiger partial charge in [0.25, 0.3) is 5.91 Å². The lowest BCUT2D eigenvalue weighted by atomic mass is 10.2. The van der Waals surface area contributed by atoms with Crippen LogP contribution in [0.3, 0.4) is 0 Å². The van der Waals surface area contributed by atoms with Crippen molar-refractivity contribution in [3.63, 3.8) is 0 Å². The molecule has 3 aromatic rings. The monoisotopic (exact) mass is 367 g/mol. The van der Waals surface area contributed by atoms with E-state index in [0.717, 1.165) is 16.8 Å². The number of carbonyl (C=O) groups excluding carboxylic acids is 1. The standard InChI is InChI=1S/C19H21N5O3/c1-13-6-8-15(9-7-13)23-17(25)11-27-18-14(4-3-5-16(18)26-2)10-20-19-21-12-22-24-19/h3-9,12H,10-11H2,1-2H3,(H,23,25)(H2,20,21,22,24). The third-order valence-electron chi connectivity index (χ3n) is 3.82. The number of carbonyl (C=O) groups is 1. The van der Waals surface area contributed by atoms with E-state index >= 15 is 0 Å². The van der Waals surface area contributed by atoms with E-state index in [9.17, 15) is 4.79 Å². The molecule has 0 bridgehead atoms. The molecule has 8 heteroatoms. The first-order valence-corrected chi connectivity index (χ1v) is 8.40. The Kier molecular flexibility index (Phi) is 5.88. The number of anilines is 2. The average Bonchev–Trinajstić information content (AvgIpc) is 3.20. The zero-order valence-corrected chi connectivity index (χ0v) is 15.2. The van der Waals surface area contributed by atoms with Crippen LogP contribution in [-0.4, -0.2) is 34.8 Å². The van der Waals surface area contributed by atoms with Crippen LogP contribution in [0.5, 0.6) is 11.5 Å². The Hall–Kier alpha value is -3.55. The van der Waals surface area contributed by atoms with Crippen LogP contribution in [0.4, 0.5) is 11.6 Å². The number of aromatic nitrogens is 3. The average molecular weight is 367 g/mol. The van der Waals surface area contributed by atoms with Crippen LogP contribution in [0, 0.1) is 6.92 Å². The molecule has 2 aromatic carbocycles. The second kappa shape index (κ2) is 8.70. The van der Waals surface area contributed by atoms with Crippen LogP contribution in [-0.2, 0) is 11.3 Å². The number of aryl methyl sites for hydroxylation is 1. The number of aromatic amines is 1. The van der Waals surface area contributed by atoms with E-state index in [1.54, 1.807) is 13.2 Å². The Balaban J connectivity index is 1.65. The fourth-order valence-corrected chi connectivity index (χ4v) is 2.47. The summed E-state index contributed by atoms with van der Waals surface area (Å²) in [7, 11) is 1.56. The van der Waals surface area contributed by atoms with Gasteiger partial charge in [-0.05, 0) is 25.1 Å². The zero-order chi connectivity index (χ0) is 19.1. The number of hydrogen-bond acceptors (Lipinski definition) is 6. The largest absolute Gasteiger partial charge is 0.493 e. The molecule has 0 radical (unpaired) electrons. The lowest BCUT2D eigenvalue weighted by Gasteiger charge is -2.15. The normalized spacial score (nSPS) is 10.3. The fourth-order valence-electron chi connectivity index (χ4n) is 2.47. The van der Waals surface area contributed by atoms with Crippen molar-refractivity contribution in [2.45, 2.75) is 13.5 Å². The number of hydrogen-bond donors (Lipinski definition) is 3. The lowest BCUT2D eigenvalue weighted by Crippen LogP contribution is -2.21. The van der Waals surface area contributed by atoms with Crippen molar-refractivity contribution in [1.29, 1.82) is 0 Å². The van der Waals surface area contributed by atoms with Gasteiger partial charge in [0.2, 0.25) is 5.95 Å². The summed E-state index contributed by atoms with van der Waals surface area (Å²) < 4.78 is 11.1. The predicted molar refractivity (Wildman–Crippen MR) is 102 cm³/mol. The molecule has 8 nitrogen and oxygen atoms in total. The van der Waals surface area contributed by atoms with Crippen LogP contribution in [0.1, 0.15) is 11.1 Å². The Labute approximate surface area is 156 Å². The van der Waals surface area contributed by atoms with Gasteiger partial charge in [-0.25, -0.2) is 10.1 Å². The van der Waals surface area contributed by atoms with Gasteiger partial charge in [-0.2, -0.15) is 5.10 Å². The number of para-hydroxylation sites is 1. The van der Waals surface area contributed by atoms with E-state index in [4.69, 9.17) is 9.47 Å². The maximum absolute atomic E-state index is 12.2. The fraction of sp³-hybridized carbons (Fsp3) is 0.211. The molecular formula is C19H21N5O3. The molecule has 0 fully saturated rings. The number of nitrogens with one attached hydrogen (secondary N) is 3. The van der Waals surface area contributed by atoms with Gasteiger partial charge in [0.05, 0.1) is 7.11 Å². The van der Waals surface area contributed by atoms with Crippen molar-refractivity contribution >= 4 is 17.5 Å². The summed E-state index contributed by atoms with van der Waals surface area (Å²) in [6, 6.07) is 13.1. The predicted octanol–water partition coefficient (Wildman–Crippen LogP) is 2.75. The molecule has 1 aromatic heterocycles. The van der Waals surface area contributed by atoms with Gasteiger partial charge in [-0.3, -0.25) is 4.79 Å². The second-order valence-corrected chi connectivity index (χ2v) is 5.84. The minimum atomic E-state index is -0.251. The van der Waals surface area contributed by atoms with Crippen LogP contribution >= 0.6 is 0 Å². The first-order chi connectivity index (χ1) is 13.2. The van der Waals surface area contributed by atoms with Gasteiger partial charge >= 0.3 is 0 Å². The molecule has 140 valence electrons. The number of amides is 1. The minimum Gasteiger partial charge on any atom is -0.493 e. The summed E-state index contributed by atoms with van der Waals surface area (Å²) >= 11 is 0. The Morgan fingerprint density at radius 2 is 2.00 bits per heavy atom. The van der Waals surface area contributed by atoms with Crippen molar-refractivity contribution in [2.75, 3.05) is 24.4 Å². The third-order valence-corrected chi connectivity index (χ3v) is 3.82. The SMILES string of the molecule is COc1cccc(CNc2ncn[nH]2)c1OCC(=O)Nc1ccc(C)cc1. The lowest BCUT2D eigenvalue weighted by molar-refractivity contribution is -0.118. The van der Waals surface area contributed by atoms with Gasteiger partial charge in [0.15, 0.2) is 18.1 Å². The van der Waals surface area contributed by atoms with Crippen molar-refractivity contribution in [3.05, 3.63) is 59.9 Å². The van der Waals surface area contributed by atoms with Gasteiger partial charge in [-0.15, -0.1) is 0 Å². The number of benzene rings is 2. The maximum Gasteiger partial charge on any atom is 0.262 e. The molecule has 1 heterocycles. The second-order valence-electron chi connectivity index (χ2n) is 5.84. The number of nitrogens with zero attached hydrogens (tertiary/aromatic N) is 2. The molecule has 3 rings (SSSR count). The first kappa shape index (κ1) is 18.2. The number of methoxy groups -OCH3 is 1. The van der Waals surface area contributed by atoms with Crippen LogP contribution in [0.25, 0.3) is 0 Å². The molecule has 3 N–H and O–H groups in total. The molecule has 0 aliphatic carbocycles. The third kappa shape index (κ3) is 4.97. The number of ether oxygens (including phenoxy) is 2. The van der Waals surface area contributed by atoms with E-state index in [1.165, 1.54) is 6.33 Å².